The Bertz CT molecular complexity index is 659. The van der Waals surface area contributed by atoms with Gasteiger partial charge in [-0.05, 0) is 49.2 Å². The first-order chi connectivity index (χ1) is 11.5. The third-order valence-corrected chi connectivity index (χ3v) is 4.89. The topological polar surface area (TPSA) is 38.3 Å². The largest absolute Gasteiger partial charge is 0.374 e. The Morgan fingerprint density at radius 2 is 1.79 bits per heavy atom. The molecular weight excluding hydrogens is 386 g/mol. The van der Waals surface area contributed by atoms with Crippen LogP contribution in [0, 0.1) is 0 Å². The van der Waals surface area contributed by atoms with Gasteiger partial charge in [0.05, 0.1) is 18.5 Å². The Hall–Kier alpha value is -1.30. The molecule has 0 atom stereocenters. The second kappa shape index (κ2) is 9.87. The molecule has 24 heavy (non-hydrogen) atoms. The van der Waals surface area contributed by atoms with Gasteiger partial charge in [-0.3, -0.25) is 4.79 Å². The van der Waals surface area contributed by atoms with Crippen LogP contribution >= 0.6 is 27.7 Å². The highest BCUT2D eigenvalue weighted by atomic mass is 79.9. The van der Waals surface area contributed by atoms with Crippen LogP contribution in [0.4, 0.5) is 0 Å². The van der Waals surface area contributed by atoms with E-state index < -0.39 is 0 Å². The zero-order valence-corrected chi connectivity index (χ0v) is 16.3. The summed E-state index contributed by atoms with van der Waals surface area (Å²) in [6.45, 7) is 5.13. The fraction of sp³-hybridized carbons (Fsp3) is 0.316. The van der Waals surface area contributed by atoms with Crippen LogP contribution in [0.2, 0.25) is 0 Å². The van der Waals surface area contributed by atoms with Crippen molar-refractivity contribution < 1.29 is 9.53 Å². The fourth-order valence-electron chi connectivity index (χ4n) is 2.05. The number of amides is 1. The molecule has 2 rings (SSSR count). The Balaban J connectivity index is 1.82. The predicted octanol–water partition coefficient (Wildman–Crippen LogP) is 4.78. The molecule has 0 aliphatic heterocycles. The number of benzene rings is 2. The number of carbonyl (C=O) groups excluding carboxylic acids is 1. The lowest BCUT2D eigenvalue weighted by atomic mass is 10.1. The van der Waals surface area contributed by atoms with E-state index in [1.165, 1.54) is 11.8 Å². The number of rotatable bonds is 8. The molecule has 1 N–H and O–H groups in total. The van der Waals surface area contributed by atoms with E-state index in [9.17, 15) is 4.79 Å². The normalized spacial score (nSPS) is 10.8. The highest BCUT2D eigenvalue weighted by molar-refractivity contribution is 9.10. The fourth-order valence-corrected chi connectivity index (χ4v) is 3.04. The van der Waals surface area contributed by atoms with Crippen molar-refractivity contribution in [2.24, 2.45) is 0 Å². The molecule has 0 unspecified atom stereocenters. The van der Waals surface area contributed by atoms with Crippen LogP contribution in [0.25, 0.3) is 0 Å². The molecule has 128 valence electrons. The molecule has 0 saturated carbocycles. The maximum absolute atomic E-state index is 12.1. The van der Waals surface area contributed by atoms with Gasteiger partial charge in [0.25, 0.3) is 0 Å². The van der Waals surface area contributed by atoms with Crippen molar-refractivity contribution in [3.63, 3.8) is 0 Å². The predicted molar refractivity (Wildman–Crippen MR) is 103 cm³/mol. The number of halogens is 1. The van der Waals surface area contributed by atoms with Gasteiger partial charge < -0.3 is 10.1 Å². The minimum atomic E-state index is 0.0301. The van der Waals surface area contributed by atoms with Crippen molar-refractivity contribution >= 4 is 33.6 Å². The van der Waals surface area contributed by atoms with E-state index in [2.05, 4.69) is 21.2 Å². The third kappa shape index (κ3) is 6.67. The summed E-state index contributed by atoms with van der Waals surface area (Å²) in [6.07, 6.45) is 0.190. The molecule has 3 nitrogen and oxygen atoms in total. The van der Waals surface area contributed by atoms with Gasteiger partial charge in [0.2, 0.25) is 5.91 Å². The third-order valence-electron chi connectivity index (χ3n) is 3.35. The Morgan fingerprint density at radius 3 is 2.46 bits per heavy atom. The van der Waals surface area contributed by atoms with Gasteiger partial charge in [-0.2, -0.15) is 0 Å². The summed E-state index contributed by atoms with van der Waals surface area (Å²) in [5.41, 5.74) is 2.22. The zero-order chi connectivity index (χ0) is 17.4. The Morgan fingerprint density at radius 1 is 1.12 bits per heavy atom. The smallest absolute Gasteiger partial charge is 0.230 e. The van der Waals surface area contributed by atoms with Crippen LogP contribution in [0.15, 0.2) is 57.9 Å². The molecule has 0 bridgehead atoms. The molecule has 0 radical (unpaired) electrons. The highest BCUT2D eigenvalue weighted by Crippen LogP contribution is 2.20. The maximum atomic E-state index is 12.1. The van der Waals surface area contributed by atoms with E-state index in [0.29, 0.717) is 18.9 Å². The van der Waals surface area contributed by atoms with Crippen molar-refractivity contribution in [1.82, 2.24) is 5.32 Å². The summed E-state index contributed by atoms with van der Waals surface area (Å²) in [4.78, 5) is 13.1. The number of ether oxygens (including phenoxy) is 1. The van der Waals surface area contributed by atoms with E-state index in [1.54, 1.807) is 0 Å². The lowest BCUT2D eigenvalue weighted by Crippen LogP contribution is -2.25. The van der Waals surface area contributed by atoms with Crippen LogP contribution in [0.5, 0.6) is 0 Å². The van der Waals surface area contributed by atoms with E-state index >= 15 is 0 Å². The van der Waals surface area contributed by atoms with Gasteiger partial charge >= 0.3 is 0 Å². The van der Waals surface area contributed by atoms with Gasteiger partial charge in [0.1, 0.15) is 0 Å². The minimum absolute atomic E-state index is 0.0301. The summed E-state index contributed by atoms with van der Waals surface area (Å²) in [5.74, 6) is 0.439. The van der Waals surface area contributed by atoms with Gasteiger partial charge in [0, 0.05) is 15.9 Å². The molecule has 0 aliphatic rings. The molecule has 1 amide bonds. The number of thioether (sulfide) groups is 1. The van der Waals surface area contributed by atoms with Gasteiger partial charge in [-0.25, -0.2) is 0 Å². The van der Waals surface area contributed by atoms with Crippen LogP contribution in [-0.4, -0.2) is 17.8 Å². The Kier molecular flexibility index (Phi) is 7.82. The van der Waals surface area contributed by atoms with E-state index in [-0.39, 0.29) is 12.0 Å². The molecule has 0 aromatic heterocycles. The number of hydrogen-bond acceptors (Lipinski definition) is 3. The van der Waals surface area contributed by atoms with Crippen LogP contribution in [-0.2, 0) is 22.7 Å². The summed E-state index contributed by atoms with van der Waals surface area (Å²) < 4.78 is 6.71. The lowest BCUT2D eigenvalue weighted by Gasteiger charge is -2.13. The number of carbonyl (C=O) groups is 1. The summed E-state index contributed by atoms with van der Waals surface area (Å²) >= 11 is 4.94. The average Bonchev–Trinajstić information content (AvgIpc) is 2.58. The maximum Gasteiger partial charge on any atom is 0.230 e. The van der Waals surface area contributed by atoms with Crippen molar-refractivity contribution in [3.05, 3.63) is 64.1 Å². The Labute approximate surface area is 156 Å². The van der Waals surface area contributed by atoms with E-state index in [1.807, 2.05) is 62.4 Å². The van der Waals surface area contributed by atoms with Crippen LogP contribution in [0.1, 0.15) is 25.0 Å². The van der Waals surface area contributed by atoms with Crippen molar-refractivity contribution in [3.8, 4) is 0 Å². The SMILES string of the molecule is CC(C)OCc1ccccc1CNC(=O)CSc1ccc(Br)cc1. The van der Waals surface area contributed by atoms with Crippen LogP contribution < -0.4 is 5.32 Å². The molecule has 2 aromatic carbocycles. The van der Waals surface area contributed by atoms with Crippen molar-refractivity contribution in [1.29, 1.82) is 0 Å². The molecule has 2 aromatic rings. The first kappa shape index (κ1) is 19.0. The van der Waals surface area contributed by atoms with Gasteiger partial charge in [-0.15, -0.1) is 11.8 Å². The molecule has 0 heterocycles. The number of hydrogen-bond donors (Lipinski definition) is 1. The highest BCUT2D eigenvalue weighted by Gasteiger charge is 2.07. The van der Waals surface area contributed by atoms with Crippen molar-refractivity contribution in [2.45, 2.75) is 38.0 Å². The van der Waals surface area contributed by atoms with Crippen LogP contribution in [0.3, 0.4) is 0 Å². The minimum Gasteiger partial charge on any atom is -0.374 e. The molecule has 0 fully saturated rings. The first-order valence-corrected chi connectivity index (χ1v) is 9.66. The average molecular weight is 408 g/mol. The standard InChI is InChI=1S/C19H22BrNO2S/c1-14(2)23-12-16-6-4-3-5-15(16)11-21-19(22)13-24-18-9-7-17(20)8-10-18/h3-10,14H,11-13H2,1-2H3,(H,21,22). The van der Waals surface area contributed by atoms with Gasteiger partial charge in [-0.1, -0.05) is 40.2 Å². The second-order valence-corrected chi connectivity index (χ2v) is 7.61. The summed E-state index contributed by atoms with van der Waals surface area (Å²) in [6, 6.07) is 16.0. The van der Waals surface area contributed by atoms with Crippen molar-refractivity contribution in [2.75, 3.05) is 5.75 Å². The molecule has 0 spiro atoms. The molecular formula is C19H22BrNO2S. The van der Waals surface area contributed by atoms with E-state index in [0.717, 1.165) is 20.5 Å². The quantitative estimate of drug-likeness (QED) is 0.639. The zero-order valence-electron chi connectivity index (χ0n) is 13.9. The monoisotopic (exact) mass is 407 g/mol. The lowest BCUT2D eigenvalue weighted by molar-refractivity contribution is -0.118. The molecule has 0 saturated heterocycles. The molecule has 0 aliphatic carbocycles. The van der Waals surface area contributed by atoms with E-state index in [4.69, 9.17) is 4.74 Å². The summed E-state index contributed by atoms with van der Waals surface area (Å²) in [7, 11) is 0. The first-order valence-electron chi connectivity index (χ1n) is 7.88. The number of nitrogens with one attached hydrogen (secondary N) is 1. The summed E-state index contributed by atoms with van der Waals surface area (Å²) in [5, 5.41) is 2.98. The molecule has 5 heteroatoms. The van der Waals surface area contributed by atoms with Gasteiger partial charge in [0.15, 0.2) is 0 Å². The second-order valence-electron chi connectivity index (χ2n) is 5.65.